The smallest absolute Gasteiger partial charge is 0.247 e. The predicted octanol–water partition coefficient (Wildman–Crippen LogP) is 1.60. The summed E-state index contributed by atoms with van der Waals surface area (Å²) in [4.78, 5) is 11.3. The van der Waals surface area contributed by atoms with Gasteiger partial charge in [0.2, 0.25) is 5.91 Å². The van der Waals surface area contributed by atoms with Gasteiger partial charge in [-0.25, -0.2) is 0 Å². The van der Waals surface area contributed by atoms with E-state index in [0.717, 1.165) is 12.8 Å². The van der Waals surface area contributed by atoms with E-state index in [1.54, 1.807) is 14.0 Å². The van der Waals surface area contributed by atoms with E-state index in [-0.39, 0.29) is 5.91 Å². The quantitative estimate of drug-likeness (QED) is 0.533. The van der Waals surface area contributed by atoms with Crippen molar-refractivity contribution >= 4 is 5.91 Å². The van der Waals surface area contributed by atoms with Crippen molar-refractivity contribution in [3.63, 3.8) is 0 Å². The van der Waals surface area contributed by atoms with Crippen molar-refractivity contribution in [3.05, 3.63) is 11.8 Å². The van der Waals surface area contributed by atoms with Crippen molar-refractivity contribution in [3.8, 4) is 0 Å². The molecule has 0 aromatic heterocycles. The lowest BCUT2D eigenvalue weighted by atomic mass is 10.2. The van der Waals surface area contributed by atoms with Crippen LogP contribution in [0.4, 0.5) is 0 Å². The minimum absolute atomic E-state index is 0.0359. The molecule has 0 saturated heterocycles. The van der Waals surface area contributed by atoms with E-state index in [1.807, 2.05) is 0 Å². The molecule has 1 rings (SSSR count). The Balaban J connectivity index is 2.32. The van der Waals surface area contributed by atoms with Crippen LogP contribution in [-0.2, 0) is 9.53 Å². The van der Waals surface area contributed by atoms with Gasteiger partial charge in [-0.05, 0) is 19.8 Å². The number of hydrogen-bond donors (Lipinski definition) is 1. The van der Waals surface area contributed by atoms with Crippen molar-refractivity contribution in [2.75, 3.05) is 7.11 Å². The molecule has 0 aliphatic heterocycles. The molecule has 0 atom stereocenters. The largest absolute Gasteiger partial charge is 0.501 e. The molecule has 0 aromatic carbocycles. The molecule has 3 heteroatoms. The maximum absolute atomic E-state index is 11.3. The average Bonchev–Trinajstić information content (AvgIpc) is 2.56. The van der Waals surface area contributed by atoms with Crippen molar-refractivity contribution in [1.82, 2.24) is 5.32 Å². The van der Waals surface area contributed by atoms with Crippen LogP contribution in [0.1, 0.15) is 32.6 Å². The number of nitrogens with one attached hydrogen (secondary N) is 1. The van der Waals surface area contributed by atoms with Gasteiger partial charge < -0.3 is 10.1 Å². The molecular weight excluding hydrogens is 166 g/mol. The Kier molecular flexibility index (Phi) is 3.80. The molecular formula is C10H17NO2. The molecule has 13 heavy (non-hydrogen) atoms. The SMILES string of the molecule is CO/C(C)=C/C(=O)NC1CCCC1. The maximum Gasteiger partial charge on any atom is 0.247 e. The topological polar surface area (TPSA) is 38.3 Å². The third kappa shape index (κ3) is 3.49. The van der Waals surface area contributed by atoms with Crippen molar-refractivity contribution in [2.45, 2.75) is 38.6 Å². The second kappa shape index (κ2) is 4.90. The molecule has 1 amide bonds. The van der Waals surface area contributed by atoms with Crippen molar-refractivity contribution < 1.29 is 9.53 Å². The molecule has 0 radical (unpaired) electrons. The fourth-order valence-corrected chi connectivity index (χ4v) is 1.56. The van der Waals surface area contributed by atoms with Crippen LogP contribution in [0.15, 0.2) is 11.8 Å². The van der Waals surface area contributed by atoms with Gasteiger partial charge in [0.15, 0.2) is 0 Å². The summed E-state index contributed by atoms with van der Waals surface area (Å²) < 4.78 is 4.89. The van der Waals surface area contributed by atoms with E-state index in [0.29, 0.717) is 11.8 Å². The Morgan fingerprint density at radius 2 is 2.08 bits per heavy atom. The van der Waals surface area contributed by atoms with Crippen LogP contribution in [0.2, 0.25) is 0 Å². The number of carbonyl (C=O) groups excluding carboxylic acids is 1. The standard InChI is InChI=1S/C10H17NO2/c1-8(13-2)7-10(12)11-9-5-3-4-6-9/h7,9H,3-6H2,1-2H3,(H,11,12)/b8-7+. The summed E-state index contributed by atoms with van der Waals surface area (Å²) in [6.45, 7) is 1.77. The van der Waals surface area contributed by atoms with Crippen LogP contribution in [0.5, 0.6) is 0 Å². The Morgan fingerprint density at radius 3 is 2.62 bits per heavy atom. The van der Waals surface area contributed by atoms with Crippen LogP contribution in [0, 0.1) is 0 Å². The van der Waals surface area contributed by atoms with E-state index < -0.39 is 0 Å². The fourth-order valence-electron chi connectivity index (χ4n) is 1.56. The zero-order valence-electron chi connectivity index (χ0n) is 8.30. The number of hydrogen-bond acceptors (Lipinski definition) is 2. The highest BCUT2D eigenvalue weighted by Gasteiger charge is 2.15. The Bertz CT molecular complexity index is 205. The third-order valence-electron chi connectivity index (χ3n) is 2.36. The number of rotatable bonds is 3. The van der Waals surface area contributed by atoms with E-state index >= 15 is 0 Å². The maximum atomic E-state index is 11.3. The fraction of sp³-hybridized carbons (Fsp3) is 0.700. The van der Waals surface area contributed by atoms with Crippen molar-refractivity contribution in [1.29, 1.82) is 0 Å². The summed E-state index contributed by atoms with van der Waals surface area (Å²) in [7, 11) is 1.56. The van der Waals surface area contributed by atoms with Gasteiger partial charge >= 0.3 is 0 Å². The first-order valence-electron chi connectivity index (χ1n) is 4.75. The lowest BCUT2D eigenvalue weighted by Crippen LogP contribution is -2.31. The predicted molar refractivity (Wildman–Crippen MR) is 51.2 cm³/mol. The molecule has 1 saturated carbocycles. The molecule has 1 N–H and O–H groups in total. The van der Waals surface area contributed by atoms with E-state index in [2.05, 4.69) is 5.32 Å². The van der Waals surface area contributed by atoms with Crippen LogP contribution < -0.4 is 5.32 Å². The normalized spacial score (nSPS) is 18.8. The van der Waals surface area contributed by atoms with Gasteiger partial charge in [0.25, 0.3) is 0 Å². The number of amides is 1. The summed E-state index contributed by atoms with van der Waals surface area (Å²) in [5.74, 6) is 0.613. The number of carbonyl (C=O) groups is 1. The molecule has 1 aliphatic rings. The molecule has 0 spiro atoms. The van der Waals surface area contributed by atoms with E-state index in [9.17, 15) is 4.79 Å². The molecule has 0 aromatic rings. The first kappa shape index (κ1) is 10.1. The van der Waals surface area contributed by atoms with Gasteiger partial charge in [0.05, 0.1) is 12.9 Å². The zero-order chi connectivity index (χ0) is 9.68. The minimum atomic E-state index is -0.0359. The van der Waals surface area contributed by atoms with Crippen molar-refractivity contribution in [2.24, 2.45) is 0 Å². The van der Waals surface area contributed by atoms with E-state index in [1.165, 1.54) is 18.9 Å². The second-order valence-electron chi connectivity index (χ2n) is 3.45. The Morgan fingerprint density at radius 1 is 1.46 bits per heavy atom. The van der Waals surface area contributed by atoms with Gasteiger partial charge in [-0.2, -0.15) is 0 Å². The molecule has 74 valence electrons. The molecule has 3 nitrogen and oxygen atoms in total. The average molecular weight is 183 g/mol. The second-order valence-corrected chi connectivity index (χ2v) is 3.45. The van der Waals surface area contributed by atoms with Crippen LogP contribution in [0.3, 0.4) is 0 Å². The van der Waals surface area contributed by atoms with Gasteiger partial charge in [-0.3, -0.25) is 4.79 Å². The Hall–Kier alpha value is -0.990. The molecule has 0 bridgehead atoms. The summed E-state index contributed by atoms with van der Waals surface area (Å²) in [5, 5.41) is 2.95. The lowest BCUT2D eigenvalue weighted by Gasteiger charge is -2.09. The third-order valence-corrected chi connectivity index (χ3v) is 2.36. The monoisotopic (exact) mass is 183 g/mol. The minimum Gasteiger partial charge on any atom is -0.501 e. The number of ether oxygens (including phenoxy) is 1. The number of allylic oxidation sites excluding steroid dienone is 1. The summed E-state index contributed by atoms with van der Waals surface area (Å²) in [6.07, 6.45) is 6.20. The van der Waals surface area contributed by atoms with Gasteiger partial charge in [0, 0.05) is 12.1 Å². The summed E-state index contributed by atoms with van der Waals surface area (Å²) in [6, 6.07) is 0.383. The zero-order valence-corrected chi connectivity index (χ0v) is 8.30. The lowest BCUT2D eigenvalue weighted by molar-refractivity contribution is -0.117. The number of methoxy groups -OCH3 is 1. The molecule has 0 unspecified atom stereocenters. The van der Waals surface area contributed by atoms with E-state index in [4.69, 9.17) is 4.74 Å². The van der Waals surface area contributed by atoms with Gasteiger partial charge in [0.1, 0.15) is 0 Å². The molecule has 0 heterocycles. The van der Waals surface area contributed by atoms with Gasteiger partial charge in [-0.15, -0.1) is 0 Å². The van der Waals surface area contributed by atoms with Gasteiger partial charge in [-0.1, -0.05) is 12.8 Å². The highest BCUT2D eigenvalue weighted by Crippen LogP contribution is 2.17. The highest BCUT2D eigenvalue weighted by atomic mass is 16.5. The molecule has 1 aliphatic carbocycles. The summed E-state index contributed by atoms with van der Waals surface area (Å²) >= 11 is 0. The Labute approximate surface area is 79.2 Å². The van der Waals surface area contributed by atoms with Crippen LogP contribution >= 0.6 is 0 Å². The molecule has 1 fully saturated rings. The first-order chi connectivity index (χ1) is 6.22. The first-order valence-corrected chi connectivity index (χ1v) is 4.75. The van der Waals surface area contributed by atoms with Crippen LogP contribution in [0.25, 0.3) is 0 Å². The summed E-state index contributed by atoms with van der Waals surface area (Å²) in [5.41, 5.74) is 0. The highest BCUT2D eigenvalue weighted by molar-refractivity contribution is 5.88. The van der Waals surface area contributed by atoms with Crippen LogP contribution in [-0.4, -0.2) is 19.1 Å².